The summed E-state index contributed by atoms with van der Waals surface area (Å²) in [5, 5.41) is 15.7. The molecular formula is C12H17N2O3S2+. The second-order valence-corrected chi connectivity index (χ2v) is 7.71. The van der Waals surface area contributed by atoms with Crippen LogP contribution in [0.15, 0.2) is 24.3 Å². The topological polar surface area (TPSA) is 81.6 Å². The molecule has 1 fully saturated rings. The molecule has 1 saturated heterocycles. The Balaban J connectivity index is 1.95. The van der Waals surface area contributed by atoms with Crippen molar-refractivity contribution in [3.8, 4) is 5.75 Å². The minimum Gasteiger partial charge on any atom is -0.508 e. The van der Waals surface area contributed by atoms with Gasteiger partial charge in [-0.1, -0.05) is 4.21 Å². The van der Waals surface area contributed by atoms with Gasteiger partial charge >= 0.3 is 0 Å². The van der Waals surface area contributed by atoms with Crippen molar-refractivity contribution in [3.63, 3.8) is 0 Å². The van der Waals surface area contributed by atoms with Gasteiger partial charge in [-0.15, -0.1) is 0 Å². The summed E-state index contributed by atoms with van der Waals surface area (Å²) in [6, 6.07) is 6.52. The molecule has 2 atom stereocenters. The van der Waals surface area contributed by atoms with Crippen LogP contribution in [0.3, 0.4) is 0 Å². The number of benzene rings is 1. The Morgan fingerprint density at radius 1 is 1.42 bits per heavy atom. The molecule has 2 rings (SSSR count). The van der Waals surface area contributed by atoms with Crippen LogP contribution in [0, 0.1) is 0 Å². The second kappa shape index (κ2) is 5.07. The van der Waals surface area contributed by atoms with Crippen LogP contribution in [-0.4, -0.2) is 31.8 Å². The lowest BCUT2D eigenvalue weighted by molar-refractivity contribution is 0.466. The second-order valence-electron chi connectivity index (χ2n) is 5.06. The van der Waals surface area contributed by atoms with Gasteiger partial charge < -0.3 is 15.7 Å². The van der Waals surface area contributed by atoms with Gasteiger partial charge in [0.15, 0.2) is 10.9 Å². The standard InChI is InChI=1S/C12H16N2O3S2/c1-12(6-7-19(16,17)8-12)14-11(18)13-9-2-4-10(15)5-3-9/h2-5H,6-8H2,1H3,(H3-,13,14,15,16,17,18)/p+1/t12-/m0/s1. The first-order valence-electron chi connectivity index (χ1n) is 5.88. The molecule has 0 bridgehead atoms. The van der Waals surface area contributed by atoms with Crippen molar-refractivity contribution in [1.82, 2.24) is 5.32 Å². The maximum absolute atomic E-state index is 11.6. The Morgan fingerprint density at radius 2 is 2.05 bits per heavy atom. The molecule has 1 unspecified atom stereocenters. The molecule has 19 heavy (non-hydrogen) atoms. The Kier molecular flexibility index (Phi) is 3.80. The molecule has 1 aliphatic heterocycles. The summed E-state index contributed by atoms with van der Waals surface area (Å²) in [6.45, 7) is 1.89. The SMILES string of the molecule is C[C@]1(NC(=S)Nc2ccc(O)cc2)CC[S+](=O)(O)C1. The molecule has 0 spiro atoms. The molecule has 1 aliphatic rings. The Hall–Kier alpha value is -1.18. The molecule has 104 valence electrons. The fourth-order valence-electron chi connectivity index (χ4n) is 2.11. The van der Waals surface area contributed by atoms with Crippen LogP contribution in [0.4, 0.5) is 5.69 Å². The number of nitrogens with one attached hydrogen (secondary N) is 2. The molecule has 1 heterocycles. The van der Waals surface area contributed by atoms with Gasteiger partial charge in [0.25, 0.3) is 0 Å². The van der Waals surface area contributed by atoms with Crippen molar-refractivity contribution >= 4 is 33.2 Å². The van der Waals surface area contributed by atoms with Gasteiger partial charge in [-0.05, 0) is 43.4 Å². The van der Waals surface area contributed by atoms with Gasteiger partial charge in [-0.25, -0.2) is 0 Å². The molecule has 0 amide bonds. The zero-order chi connectivity index (χ0) is 14.1. The number of rotatable bonds is 2. The van der Waals surface area contributed by atoms with Crippen molar-refractivity contribution < 1.29 is 13.9 Å². The van der Waals surface area contributed by atoms with Gasteiger partial charge in [0, 0.05) is 12.1 Å². The molecule has 0 radical (unpaired) electrons. The number of phenols is 1. The van der Waals surface area contributed by atoms with Gasteiger partial charge in [0.2, 0.25) is 10.2 Å². The van der Waals surface area contributed by atoms with E-state index in [1.54, 1.807) is 24.3 Å². The highest BCUT2D eigenvalue weighted by atomic mass is 32.3. The van der Waals surface area contributed by atoms with Crippen molar-refractivity contribution in [3.05, 3.63) is 24.3 Å². The average molecular weight is 301 g/mol. The van der Waals surface area contributed by atoms with E-state index in [0.29, 0.717) is 17.3 Å². The lowest BCUT2D eigenvalue weighted by atomic mass is 10.0. The van der Waals surface area contributed by atoms with E-state index in [1.165, 1.54) is 0 Å². The molecule has 1 aromatic carbocycles. The monoisotopic (exact) mass is 301 g/mol. The smallest absolute Gasteiger partial charge is 0.216 e. The molecule has 0 aromatic heterocycles. The minimum atomic E-state index is -2.71. The summed E-state index contributed by atoms with van der Waals surface area (Å²) in [6.07, 6.45) is 0.611. The van der Waals surface area contributed by atoms with Crippen molar-refractivity contribution in [2.75, 3.05) is 16.8 Å². The molecule has 0 aliphatic carbocycles. The van der Waals surface area contributed by atoms with E-state index in [-0.39, 0.29) is 11.5 Å². The van der Waals surface area contributed by atoms with Crippen molar-refractivity contribution in [2.45, 2.75) is 18.9 Å². The van der Waals surface area contributed by atoms with E-state index in [1.807, 2.05) is 6.92 Å². The van der Waals surface area contributed by atoms with Gasteiger partial charge in [-0.2, -0.15) is 4.55 Å². The predicted molar refractivity (Wildman–Crippen MR) is 80.9 cm³/mol. The van der Waals surface area contributed by atoms with E-state index in [9.17, 15) is 13.9 Å². The lowest BCUT2D eigenvalue weighted by Crippen LogP contribution is -2.48. The zero-order valence-corrected chi connectivity index (χ0v) is 12.2. The van der Waals surface area contributed by atoms with Crippen LogP contribution in [0.2, 0.25) is 0 Å². The third-order valence-corrected chi connectivity index (χ3v) is 5.19. The van der Waals surface area contributed by atoms with E-state index < -0.39 is 15.8 Å². The highest BCUT2D eigenvalue weighted by Gasteiger charge is 2.47. The summed E-state index contributed by atoms with van der Waals surface area (Å²) in [5.41, 5.74) is 0.300. The van der Waals surface area contributed by atoms with Crippen LogP contribution in [0.1, 0.15) is 13.3 Å². The van der Waals surface area contributed by atoms with Crippen LogP contribution >= 0.6 is 12.2 Å². The third-order valence-electron chi connectivity index (χ3n) is 3.06. The normalized spacial score (nSPS) is 30.0. The number of aromatic hydroxyl groups is 1. The largest absolute Gasteiger partial charge is 0.508 e. The Bertz CT molecular complexity index is 532. The zero-order valence-electron chi connectivity index (χ0n) is 10.5. The van der Waals surface area contributed by atoms with Crippen LogP contribution < -0.4 is 10.6 Å². The molecule has 4 N–H and O–H groups in total. The molecular weight excluding hydrogens is 284 g/mol. The first kappa shape index (κ1) is 14.2. The molecule has 1 aromatic rings. The van der Waals surface area contributed by atoms with Crippen LogP contribution in [-0.2, 0) is 14.4 Å². The third kappa shape index (κ3) is 3.89. The van der Waals surface area contributed by atoms with Crippen LogP contribution in [0.25, 0.3) is 0 Å². The van der Waals surface area contributed by atoms with E-state index in [4.69, 9.17) is 12.2 Å². The van der Waals surface area contributed by atoms with Gasteiger partial charge in [0.1, 0.15) is 11.5 Å². The summed E-state index contributed by atoms with van der Waals surface area (Å²) in [7, 11) is -2.71. The van der Waals surface area contributed by atoms with Crippen LogP contribution in [0.5, 0.6) is 5.75 Å². The average Bonchev–Trinajstić information content (AvgIpc) is 2.56. The summed E-state index contributed by atoms with van der Waals surface area (Å²) >= 11 is 5.19. The first-order valence-corrected chi connectivity index (χ1v) is 8.14. The number of phenolic OH excluding ortho intramolecular Hbond substituents is 1. The maximum atomic E-state index is 11.6. The van der Waals surface area contributed by atoms with Crippen molar-refractivity contribution in [1.29, 1.82) is 0 Å². The summed E-state index contributed by atoms with van der Waals surface area (Å²) < 4.78 is 21.2. The van der Waals surface area contributed by atoms with E-state index >= 15 is 0 Å². The quantitative estimate of drug-likeness (QED) is 0.379. The highest BCUT2D eigenvalue weighted by molar-refractivity contribution is 7.98. The lowest BCUT2D eigenvalue weighted by Gasteiger charge is -2.23. The van der Waals surface area contributed by atoms with Gasteiger partial charge in [-0.3, -0.25) is 0 Å². The first-order chi connectivity index (χ1) is 8.78. The highest BCUT2D eigenvalue weighted by Crippen LogP contribution is 2.26. The Morgan fingerprint density at radius 3 is 2.58 bits per heavy atom. The summed E-state index contributed by atoms with van der Waals surface area (Å²) in [4.78, 5) is 0. The predicted octanol–water partition coefficient (Wildman–Crippen LogP) is 1.81. The minimum absolute atomic E-state index is 0.187. The van der Waals surface area contributed by atoms with E-state index in [2.05, 4.69) is 10.6 Å². The number of hydrogen-bond donors (Lipinski definition) is 4. The van der Waals surface area contributed by atoms with E-state index in [0.717, 1.165) is 5.69 Å². The number of thiocarbonyl (C=S) groups is 1. The molecule has 7 heteroatoms. The molecule has 0 saturated carbocycles. The van der Waals surface area contributed by atoms with Gasteiger partial charge in [0.05, 0.1) is 5.54 Å². The maximum Gasteiger partial charge on any atom is 0.216 e. The number of hydrogen-bond acceptors (Lipinski definition) is 3. The Labute approximate surface area is 118 Å². The summed E-state index contributed by atoms with van der Waals surface area (Å²) in [5.74, 6) is 0.697. The van der Waals surface area contributed by atoms with Crippen molar-refractivity contribution in [2.24, 2.45) is 0 Å². The fourth-order valence-corrected chi connectivity index (χ4v) is 4.60. The number of anilines is 1. The molecule has 5 nitrogen and oxygen atoms in total. The fraction of sp³-hybridized carbons (Fsp3) is 0.417.